The number of nitrogens with zero attached hydrogens (tertiary/aromatic N) is 1. The van der Waals surface area contributed by atoms with Crippen molar-refractivity contribution in [3.8, 4) is 17.6 Å². The third-order valence-corrected chi connectivity index (χ3v) is 3.32. The summed E-state index contributed by atoms with van der Waals surface area (Å²) in [7, 11) is 1.54. The number of carbonyl (C=O) groups excluding carboxylic acids is 2. The van der Waals surface area contributed by atoms with Gasteiger partial charge in [0.2, 0.25) is 0 Å². The minimum Gasteiger partial charge on any atom is -0.497 e. The summed E-state index contributed by atoms with van der Waals surface area (Å²) in [6.45, 7) is 1.84. The molecule has 0 atom stereocenters. The summed E-state index contributed by atoms with van der Waals surface area (Å²) in [5, 5.41) is 9.08. The molecule has 6 nitrogen and oxygen atoms in total. The topological polar surface area (TPSA) is 85.6 Å². The van der Waals surface area contributed by atoms with Crippen molar-refractivity contribution >= 4 is 18.0 Å². The maximum absolute atomic E-state index is 12.2. The molecule has 0 aromatic heterocycles. The zero-order chi connectivity index (χ0) is 18.9. The van der Waals surface area contributed by atoms with E-state index in [1.54, 1.807) is 61.5 Å². The van der Waals surface area contributed by atoms with Crippen molar-refractivity contribution in [3.63, 3.8) is 0 Å². The molecule has 26 heavy (non-hydrogen) atoms. The van der Waals surface area contributed by atoms with E-state index in [-0.39, 0.29) is 12.2 Å². The Morgan fingerprint density at radius 1 is 1.12 bits per heavy atom. The lowest BCUT2D eigenvalue weighted by Crippen LogP contribution is -2.08. The van der Waals surface area contributed by atoms with Crippen molar-refractivity contribution < 1.29 is 23.8 Å². The van der Waals surface area contributed by atoms with E-state index in [0.29, 0.717) is 22.6 Å². The summed E-state index contributed by atoms with van der Waals surface area (Å²) < 4.78 is 15.2. The van der Waals surface area contributed by atoms with Gasteiger partial charge in [-0.05, 0) is 55.0 Å². The highest BCUT2D eigenvalue weighted by Crippen LogP contribution is 2.19. The standard InChI is InChI=1S/C20H17NO5/c1-3-25-19(22)16(13-21)11-14-5-4-6-18(12-14)26-20(23)15-7-9-17(24-2)10-8-15/h4-12H,3H2,1-2H3/b16-11+. The molecule has 0 saturated carbocycles. The van der Waals surface area contributed by atoms with Crippen LogP contribution in [0.1, 0.15) is 22.8 Å². The molecule has 0 bridgehead atoms. The lowest BCUT2D eigenvalue weighted by Gasteiger charge is -2.06. The average Bonchev–Trinajstić information content (AvgIpc) is 2.66. The van der Waals surface area contributed by atoms with Crippen LogP contribution in [0.3, 0.4) is 0 Å². The first-order valence-electron chi connectivity index (χ1n) is 7.82. The van der Waals surface area contributed by atoms with Gasteiger partial charge in [0.1, 0.15) is 23.1 Å². The minimum atomic E-state index is -0.698. The van der Waals surface area contributed by atoms with Crippen molar-refractivity contribution in [1.29, 1.82) is 5.26 Å². The van der Waals surface area contributed by atoms with Gasteiger partial charge in [-0.3, -0.25) is 0 Å². The molecule has 0 aliphatic carbocycles. The largest absolute Gasteiger partial charge is 0.497 e. The number of rotatable bonds is 6. The van der Waals surface area contributed by atoms with E-state index >= 15 is 0 Å². The Bertz CT molecular complexity index is 863. The summed E-state index contributed by atoms with van der Waals surface area (Å²) >= 11 is 0. The van der Waals surface area contributed by atoms with Gasteiger partial charge in [-0.15, -0.1) is 0 Å². The Kier molecular flexibility index (Phi) is 6.52. The van der Waals surface area contributed by atoms with Crippen LogP contribution >= 0.6 is 0 Å². The molecular weight excluding hydrogens is 334 g/mol. The normalized spacial score (nSPS) is 10.6. The first-order chi connectivity index (χ1) is 12.6. The molecule has 0 N–H and O–H groups in total. The Morgan fingerprint density at radius 2 is 1.85 bits per heavy atom. The molecular formula is C20H17NO5. The van der Waals surface area contributed by atoms with E-state index in [0.717, 1.165) is 0 Å². The molecule has 2 aromatic rings. The Labute approximate surface area is 151 Å². The lowest BCUT2D eigenvalue weighted by atomic mass is 10.1. The van der Waals surface area contributed by atoms with Crippen LogP contribution in [-0.4, -0.2) is 25.7 Å². The van der Waals surface area contributed by atoms with E-state index < -0.39 is 11.9 Å². The van der Waals surface area contributed by atoms with Crippen LogP contribution in [0.2, 0.25) is 0 Å². The number of benzene rings is 2. The molecule has 132 valence electrons. The zero-order valence-corrected chi connectivity index (χ0v) is 14.4. The average molecular weight is 351 g/mol. The fourth-order valence-corrected chi connectivity index (χ4v) is 2.07. The molecule has 0 unspecified atom stereocenters. The minimum absolute atomic E-state index is 0.134. The summed E-state index contributed by atoms with van der Waals surface area (Å²) in [5.41, 5.74) is 0.774. The number of nitriles is 1. The lowest BCUT2D eigenvalue weighted by molar-refractivity contribution is -0.137. The quantitative estimate of drug-likeness (QED) is 0.343. The van der Waals surface area contributed by atoms with Gasteiger partial charge in [-0.25, -0.2) is 9.59 Å². The monoisotopic (exact) mass is 351 g/mol. The van der Waals surface area contributed by atoms with Crippen LogP contribution < -0.4 is 9.47 Å². The highest BCUT2D eigenvalue weighted by atomic mass is 16.5. The summed E-state index contributed by atoms with van der Waals surface area (Å²) in [6.07, 6.45) is 1.38. The molecule has 0 heterocycles. The van der Waals surface area contributed by atoms with Crippen LogP contribution in [0.25, 0.3) is 6.08 Å². The van der Waals surface area contributed by atoms with Gasteiger partial charge in [0.25, 0.3) is 0 Å². The molecule has 2 rings (SSSR count). The van der Waals surface area contributed by atoms with Gasteiger partial charge in [0.05, 0.1) is 19.3 Å². The summed E-state index contributed by atoms with van der Waals surface area (Å²) in [4.78, 5) is 23.9. The van der Waals surface area contributed by atoms with Crippen molar-refractivity contribution in [2.75, 3.05) is 13.7 Å². The number of methoxy groups -OCH3 is 1. The van der Waals surface area contributed by atoms with Crippen LogP contribution in [0.4, 0.5) is 0 Å². The molecule has 0 fully saturated rings. The van der Waals surface area contributed by atoms with Crippen molar-refractivity contribution in [2.45, 2.75) is 6.92 Å². The maximum atomic E-state index is 12.2. The highest BCUT2D eigenvalue weighted by Gasteiger charge is 2.11. The Hall–Kier alpha value is -3.59. The second kappa shape index (κ2) is 9.04. The highest BCUT2D eigenvalue weighted by molar-refractivity contribution is 5.98. The van der Waals surface area contributed by atoms with Crippen molar-refractivity contribution in [3.05, 3.63) is 65.2 Å². The second-order valence-electron chi connectivity index (χ2n) is 5.08. The number of carbonyl (C=O) groups is 2. The molecule has 0 spiro atoms. The molecule has 6 heteroatoms. The third-order valence-electron chi connectivity index (χ3n) is 3.32. The second-order valence-corrected chi connectivity index (χ2v) is 5.08. The van der Waals surface area contributed by atoms with E-state index in [4.69, 9.17) is 19.5 Å². The van der Waals surface area contributed by atoms with Crippen LogP contribution in [0.5, 0.6) is 11.5 Å². The van der Waals surface area contributed by atoms with Crippen LogP contribution in [0, 0.1) is 11.3 Å². The molecule has 0 radical (unpaired) electrons. The van der Waals surface area contributed by atoms with Gasteiger partial charge < -0.3 is 14.2 Å². The SMILES string of the molecule is CCOC(=O)/C(C#N)=C/c1cccc(OC(=O)c2ccc(OC)cc2)c1. The number of esters is 2. The van der Waals surface area contributed by atoms with E-state index in [1.807, 2.05) is 0 Å². The summed E-state index contributed by atoms with van der Waals surface area (Å²) in [6, 6.07) is 14.8. The fourth-order valence-electron chi connectivity index (χ4n) is 2.07. The van der Waals surface area contributed by atoms with Crippen molar-refractivity contribution in [1.82, 2.24) is 0 Å². The van der Waals surface area contributed by atoms with E-state index in [9.17, 15) is 9.59 Å². The predicted octanol–water partition coefficient (Wildman–Crippen LogP) is 3.38. The van der Waals surface area contributed by atoms with Crippen LogP contribution in [-0.2, 0) is 9.53 Å². The Morgan fingerprint density at radius 3 is 2.46 bits per heavy atom. The Balaban J connectivity index is 2.16. The maximum Gasteiger partial charge on any atom is 0.348 e. The van der Waals surface area contributed by atoms with E-state index in [2.05, 4.69) is 0 Å². The first-order valence-corrected chi connectivity index (χ1v) is 7.82. The van der Waals surface area contributed by atoms with Gasteiger partial charge in [-0.1, -0.05) is 12.1 Å². The zero-order valence-electron chi connectivity index (χ0n) is 14.4. The molecule has 0 saturated heterocycles. The van der Waals surface area contributed by atoms with Gasteiger partial charge in [0.15, 0.2) is 0 Å². The van der Waals surface area contributed by atoms with Gasteiger partial charge in [0, 0.05) is 0 Å². The molecule has 0 aliphatic rings. The molecule has 0 aliphatic heterocycles. The predicted molar refractivity (Wildman–Crippen MR) is 94.6 cm³/mol. The summed E-state index contributed by atoms with van der Waals surface area (Å²) in [5.74, 6) is -0.298. The number of hydrogen-bond donors (Lipinski definition) is 0. The number of ether oxygens (including phenoxy) is 3. The first kappa shape index (κ1) is 18.7. The van der Waals surface area contributed by atoms with E-state index in [1.165, 1.54) is 13.2 Å². The van der Waals surface area contributed by atoms with Crippen molar-refractivity contribution in [2.24, 2.45) is 0 Å². The smallest absolute Gasteiger partial charge is 0.348 e. The number of hydrogen-bond acceptors (Lipinski definition) is 6. The molecule has 2 aromatic carbocycles. The fraction of sp³-hybridized carbons (Fsp3) is 0.150. The van der Waals surface area contributed by atoms with Gasteiger partial charge >= 0.3 is 11.9 Å². The van der Waals surface area contributed by atoms with Gasteiger partial charge in [-0.2, -0.15) is 5.26 Å². The van der Waals surface area contributed by atoms with Crippen LogP contribution in [0.15, 0.2) is 54.1 Å². The third kappa shape index (κ3) is 4.95. The molecule has 0 amide bonds.